The molecule has 2 rings (SSSR count). The molecule has 1 unspecified atom stereocenters. The number of phenols is 1. The fraction of sp³-hybridized carbons (Fsp3) is 0.500. The summed E-state index contributed by atoms with van der Waals surface area (Å²) in [6.45, 7) is 2.08. The third kappa shape index (κ3) is 2.16. The highest BCUT2D eigenvalue weighted by atomic mass is 19.3. The van der Waals surface area contributed by atoms with Crippen molar-refractivity contribution < 1.29 is 13.9 Å². The maximum atomic E-state index is 13.4. The van der Waals surface area contributed by atoms with Gasteiger partial charge in [-0.05, 0) is 24.6 Å². The minimum atomic E-state index is -2.61. The van der Waals surface area contributed by atoms with Crippen LogP contribution in [0.3, 0.4) is 0 Å². The number of nitrogens with one attached hydrogen (secondary N) is 1. The number of rotatable bonds is 1. The molecular formula is C12H15F2NO. The summed E-state index contributed by atoms with van der Waals surface area (Å²) in [6.07, 6.45) is -0.314. The van der Waals surface area contributed by atoms with Gasteiger partial charge >= 0.3 is 0 Å². The maximum absolute atomic E-state index is 13.4. The van der Waals surface area contributed by atoms with E-state index in [0.717, 1.165) is 5.56 Å². The van der Waals surface area contributed by atoms with Gasteiger partial charge in [0.25, 0.3) is 5.92 Å². The summed E-state index contributed by atoms with van der Waals surface area (Å²) >= 11 is 0. The number of aromatic hydroxyl groups is 1. The third-order valence-corrected chi connectivity index (χ3v) is 3.12. The van der Waals surface area contributed by atoms with Crippen LogP contribution in [0.15, 0.2) is 24.3 Å². The molecular weight excluding hydrogens is 212 g/mol. The van der Waals surface area contributed by atoms with Gasteiger partial charge in [-0.25, -0.2) is 8.78 Å². The zero-order chi connectivity index (χ0) is 11.8. The molecule has 4 heteroatoms. The normalized spacial score (nSPS) is 28.9. The Bertz CT molecular complexity index is 377. The Labute approximate surface area is 93.3 Å². The fourth-order valence-electron chi connectivity index (χ4n) is 2.22. The van der Waals surface area contributed by atoms with E-state index in [1.807, 2.05) is 0 Å². The largest absolute Gasteiger partial charge is 0.508 e. The van der Waals surface area contributed by atoms with E-state index < -0.39 is 11.5 Å². The minimum absolute atomic E-state index is 0.110. The summed E-state index contributed by atoms with van der Waals surface area (Å²) in [5.74, 6) is -2.47. The SMILES string of the molecule is CC1(c2ccc(O)cc2)CC(F)(F)CCN1. The Morgan fingerprint density at radius 2 is 1.88 bits per heavy atom. The van der Waals surface area contributed by atoms with Crippen molar-refractivity contribution in [3.63, 3.8) is 0 Å². The fourth-order valence-corrected chi connectivity index (χ4v) is 2.22. The Morgan fingerprint density at radius 3 is 2.44 bits per heavy atom. The van der Waals surface area contributed by atoms with Crippen LogP contribution in [0.1, 0.15) is 25.3 Å². The number of hydrogen-bond donors (Lipinski definition) is 2. The Morgan fingerprint density at radius 1 is 1.25 bits per heavy atom. The molecule has 1 atom stereocenters. The van der Waals surface area contributed by atoms with Crippen LogP contribution in [0.4, 0.5) is 8.78 Å². The molecule has 1 aliphatic rings. The Balaban J connectivity index is 2.27. The van der Waals surface area contributed by atoms with Crippen molar-refractivity contribution in [1.82, 2.24) is 5.32 Å². The first-order chi connectivity index (χ1) is 7.41. The van der Waals surface area contributed by atoms with Crippen molar-refractivity contribution in [3.05, 3.63) is 29.8 Å². The second kappa shape index (κ2) is 3.70. The quantitative estimate of drug-likeness (QED) is 0.773. The number of phenolic OH excluding ortho intramolecular Hbond substituents is 1. The first-order valence-electron chi connectivity index (χ1n) is 5.34. The lowest BCUT2D eigenvalue weighted by Gasteiger charge is -2.39. The van der Waals surface area contributed by atoms with E-state index in [1.165, 1.54) is 12.1 Å². The molecule has 0 saturated carbocycles. The van der Waals surface area contributed by atoms with Gasteiger partial charge in [-0.3, -0.25) is 0 Å². The predicted molar refractivity (Wildman–Crippen MR) is 57.6 cm³/mol. The molecule has 0 radical (unpaired) electrons. The van der Waals surface area contributed by atoms with Gasteiger partial charge < -0.3 is 10.4 Å². The van der Waals surface area contributed by atoms with Crippen LogP contribution in [0.25, 0.3) is 0 Å². The average molecular weight is 227 g/mol. The van der Waals surface area contributed by atoms with Gasteiger partial charge in [-0.1, -0.05) is 12.1 Å². The summed E-state index contributed by atoms with van der Waals surface area (Å²) in [5, 5.41) is 12.3. The molecule has 1 fully saturated rings. The van der Waals surface area contributed by atoms with E-state index in [4.69, 9.17) is 0 Å². The van der Waals surface area contributed by atoms with Gasteiger partial charge in [0.1, 0.15) is 5.75 Å². The zero-order valence-electron chi connectivity index (χ0n) is 9.13. The third-order valence-electron chi connectivity index (χ3n) is 3.12. The van der Waals surface area contributed by atoms with Gasteiger partial charge in [0.15, 0.2) is 0 Å². The monoisotopic (exact) mass is 227 g/mol. The van der Waals surface area contributed by atoms with Crippen molar-refractivity contribution >= 4 is 0 Å². The van der Waals surface area contributed by atoms with Crippen LogP contribution in [0, 0.1) is 0 Å². The molecule has 1 aliphatic heterocycles. The zero-order valence-corrected chi connectivity index (χ0v) is 9.13. The Hall–Kier alpha value is -1.16. The molecule has 0 bridgehead atoms. The van der Waals surface area contributed by atoms with Crippen LogP contribution >= 0.6 is 0 Å². The van der Waals surface area contributed by atoms with Crippen LogP contribution in [0.2, 0.25) is 0 Å². The summed E-state index contributed by atoms with van der Waals surface area (Å²) in [5.41, 5.74) is 0.0693. The lowest BCUT2D eigenvalue weighted by Crippen LogP contribution is -2.50. The molecule has 16 heavy (non-hydrogen) atoms. The molecule has 0 aliphatic carbocycles. The summed E-state index contributed by atoms with van der Waals surface area (Å²) < 4.78 is 26.8. The average Bonchev–Trinajstić information content (AvgIpc) is 2.16. The number of benzene rings is 1. The van der Waals surface area contributed by atoms with Crippen molar-refractivity contribution in [3.8, 4) is 5.75 Å². The predicted octanol–water partition coefficient (Wildman–Crippen LogP) is 2.63. The molecule has 0 amide bonds. The van der Waals surface area contributed by atoms with Gasteiger partial charge in [0.05, 0.1) is 0 Å². The van der Waals surface area contributed by atoms with E-state index in [0.29, 0.717) is 6.54 Å². The minimum Gasteiger partial charge on any atom is -0.508 e. The molecule has 0 spiro atoms. The smallest absolute Gasteiger partial charge is 0.251 e. The number of alkyl halides is 2. The molecule has 88 valence electrons. The molecule has 1 heterocycles. The van der Waals surface area contributed by atoms with E-state index in [9.17, 15) is 13.9 Å². The van der Waals surface area contributed by atoms with Gasteiger partial charge in [0, 0.05) is 24.9 Å². The second-order valence-electron chi connectivity index (χ2n) is 4.59. The topological polar surface area (TPSA) is 32.3 Å². The van der Waals surface area contributed by atoms with Crippen LogP contribution in [-0.2, 0) is 5.54 Å². The number of piperidine rings is 1. The van der Waals surface area contributed by atoms with Crippen molar-refractivity contribution in [1.29, 1.82) is 0 Å². The van der Waals surface area contributed by atoms with Crippen LogP contribution < -0.4 is 5.32 Å². The molecule has 1 aromatic carbocycles. The first kappa shape index (κ1) is 11.3. The highest BCUT2D eigenvalue weighted by molar-refractivity contribution is 5.31. The maximum Gasteiger partial charge on any atom is 0.251 e. The summed E-state index contributed by atoms with van der Waals surface area (Å²) in [7, 11) is 0. The first-order valence-corrected chi connectivity index (χ1v) is 5.34. The lowest BCUT2D eigenvalue weighted by atomic mass is 9.82. The van der Waals surface area contributed by atoms with Crippen molar-refractivity contribution in [2.45, 2.75) is 31.2 Å². The standard InChI is InChI=1S/C12H15F2NO/c1-11(8-12(13,14)6-7-15-11)9-2-4-10(16)5-3-9/h2-5,15-16H,6-8H2,1H3. The van der Waals surface area contributed by atoms with Crippen LogP contribution in [-0.4, -0.2) is 17.6 Å². The second-order valence-corrected chi connectivity index (χ2v) is 4.59. The number of hydrogen-bond acceptors (Lipinski definition) is 2. The van der Waals surface area contributed by atoms with E-state index in [2.05, 4.69) is 5.32 Å². The lowest BCUT2D eigenvalue weighted by molar-refractivity contribution is -0.0611. The summed E-state index contributed by atoms with van der Waals surface area (Å²) in [6, 6.07) is 6.41. The Kier molecular flexibility index (Phi) is 2.62. The number of halogens is 2. The molecule has 2 nitrogen and oxygen atoms in total. The molecule has 2 N–H and O–H groups in total. The van der Waals surface area contributed by atoms with Gasteiger partial charge in [0.2, 0.25) is 0 Å². The highest BCUT2D eigenvalue weighted by Gasteiger charge is 2.43. The van der Waals surface area contributed by atoms with Crippen LogP contribution in [0.5, 0.6) is 5.75 Å². The van der Waals surface area contributed by atoms with Gasteiger partial charge in [-0.15, -0.1) is 0 Å². The molecule has 1 saturated heterocycles. The van der Waals surface area contributed by atoms with E-state index in [-0.39, 0.29) is 18.6 Å². The molecule has 1 aromatic rings. The van der Waals surface area contributed by atoms with Gasteiger partial charge in [-0.2, -0.15) is 0 Å². The van der Waals surface area contributed by atoms with Crippen molar-refractivity contribution in [2.24, 2.45) is 0 Å². The van der Waals surface area contributed by atoms with E-state index in [1.54, 1.807) is 19.1 Å². The molecule has 0 aromatic heterocycles. The highest BCUT2D eigenvalue weighted by Crippen LogP contribution is 2.38. The van der Waals surface area contributed by atoms with Crippen molar-refractivity contribution in [2.75, 3.05) is 6.54 Å². The van der Waals surface area contributed by atoms with E-state index >= 15 is 0 Å². The summed E-state index contributed by atoms with van der Waals surface area (Å²) in [4.78, 5) is 0.